The van der Waals surface area contributed by atoms with Crippen LogP contribution in [0.1, 0.15) is 26.7 Å². The minimum atomic E-state index is -0.579. The third-order valence-electron chi connectivity index (χ3n) is 2.77. The van der Waals surface area contributed by atoms with E-state index in [0.29, 0.717) is 6.61 Å². The molecule has 0 radical (unpaired) electrons. The Morgan fingerprint density at radius 2 is 1.88 bits per heavy atom. The Morgan fingerprint density at radius 1 is 1.17 bits per heavy atom. The topological polar surface area (TPSA) is 76.7 Å². The van der Waals surface area contributed by atoms with E-state index < -0.39 is 11.9 Å². The number of ether oxygens (including phenoxy) is 2. The number of hydrogen-bond acceptors (Lipinski definition) is 5. The maximum Gasteiger partial charge on any atom is 0.330 e. The van der Waals surface area contributed by atoms with Crippen LogP contribution in [-0.4, -0.2) is 30.2 Å². The Labute approximate surface area is 147 Å². The van der Waals surface area contributed by atoms with Gasteiger partial charge in [-0.15, -0.1) is 0 Å². The second kappa shape index (κ2) is 11.2. The van der Waals surface area contributed by atoms with Gasteiger partial charge in [-0.05, 0) is 49.8 Å². The van der Waals surface area contributed by atoms with Crippen LogP contribution in [0.2, 0.25) is 0 Å². The molecule has 0 aromatic heterocycles. The van der Waals surface area contributed by atoms with Crippen molar-refractivity contribution in [2.24, 2.45) is 0 Å². The van der Waals surface area contributed by atoms with Gasteiger partial charge in [-0.3, -0.25) is 10.1 Å². The number of anilines is 1. The predicted molar refractivity (Wildman–Crippen MR) is 97.0 cm³/mol. The summed E-state index contributed by atoms with van der Waals surface area (Å²) in [6.45, 7) is 4.73. The maximum atomic E-state index is 11.6. The number of nitrogens with one attached hydrogen (secondary N) is 2. The van der Waals surface area contributed by atoms with Crippen molar-refractivity contribution in [3.8, 4) is 5.75 Å². The molecule has 0 aliphatic heterocycles. The van der Waals surface area contributed by atoms with E-state index in [1.165, 1.54) is 0 Å². The van der Waals surface area contributed by atoms with E-state index in [9.17, 15) is 9.59 Å². The van der Waals surface area contributed by atoms with Gasteiger partial charge in [0.2, 0.25) is 5.91 Å². The molecule has 0 fully saturated rings. The van der Waals surface area contributed by atoms with E-state index in [4.69, 9.17) is 17.0 Å². The van der Waals surface area contributed by atoms with Gasteiger partial charge in [-0.1, -0.05) is 13.3 Å². The zero-order valence-electron chi connectivity index (χ0n) is 13.8. The molecule has 0 aliphatic carbocycles. The summed E-state index contributed by atoms with van der Waals surface area (Å²) in [5.74, 6) is -0.313. The summed E-state index contributed by atoms with van der Waals surface area (Å²) >= 11 is 5.04. The van der Waals surface area contributed by atoms with Gasteiger partial charge in [0.05, 0.1) is 13.2 Å². The Bertz CT molecular complexity index is 585. The van der Waals surface area contributed by atoms with Crippen LogP contribution in [-0.2, 0) is 14.3 Å². The zero-order chi connectivity index (χ0) is 17.8. The molecule has 1 aromatic carbocycles. The van der Waals surface area contributed by atoms with Gasteiger partial charge in [0.15, 0.2) is 5.11 Å². The van der Waals surface area contributed by atoms with E-state index >= 15 is 0 Å². The highest BCUT2D eigenvalue weighted by atomic mass is 32.1. The van der Waals surface area contributed by atoms with Crippen LogP contribution in [0.25, 0.3) is 0 Å². The van der Waals surface area contributed by atoms with Crippen LogP contribution >= 0.6 is 12.2 Å². The van der Waals surface area contributed by atoms with Gasteiger partial charge in [0.1, 0.15) is 5.75 Å². The standard InChI is InChI=1S/C17H22N2O4S/c1-3-5-12-23-14-8-6-13(7-9-14)18-17(24)19-15(20)10-11-16(21)22-4-2/h6-11H,3-5,12H2,1-2H3,(H2,18,19,20,24)/b11-10+. The number of carbonyl (C=O) groups is 2. The first kappa shape index (κ1) is 19.6. The van der Waals surface area contributed by atoms with Crippen LogP contribution in [0.15, 0.2) is 36.4 Å². The number of rotatable bonds is 8. The van der Waals surface area contributed by atoms with Crippen molar-refractivity contribution in [1.82, 2.24) is 5.32 Å². The Morgan fingerprint density at radius 3 is 2.50 bits per heavy atom. The van der Waals surface area contributed by atoms with Gasteiger partial charge >= 0.3 is 5.97 Å². The first-order valence-corrected chi connectivity index (χ1v) is 8.15. The number of benzene rings is 1. The summed E-state index contributed by atoms with van der Waals surface area (Å²) in [5, 5.41) is 5.44. The van der Waals surface area contributed by atoms with E-state index in [2.05, 4.69) is 22.3 Å². The summed E-state index contributed by atoms with van der Waals surface area (Å²) in [4.78, 5) is 22.7. The largest absolute Gasteiger partial charge is 0.494 e. The minimum absolute atomic E-state index is 0.133. The monoisotopic (exact) mass is 350 g/mol. The number of esters is 1. The molecule has 0 aliphatic rings. The third kappa shape index (κ3) is 8.28. The molecule has 0 spiro atoms. The molecule has 24 heavy (non-hydrogen) atoms. The molecule has 0 saturated heterocycles. The van der Waals surface area contributed by atoms with Gasteiger partial charge in [-0.2, -0.15) is 0 Å². The number of thiocarbonyl (C=S) groups is 1. The lowest BCUT2D eigenvalue weighted by atomic mass is 10.3. The van der Waals surface area contributed by atoms with Crippen LogP contribution < -0.4 is 15.4 Å². The average molecular weight is 350 g/mol. The van der Waals surface area contributed by atoms with Crippen molar-refractivity contribution in [1.29, 1.82) is 0 Å². The molecule has 1 aromatic rings. The molecule has 0 heterocycles. The molecule has 7 heteroatoms. The van der Waals surface area contributed by atoms with Crippen molar-refractivity contribution in [3.05, 3.63) is 36.4 Å². The SMILES string of the molecule is CCCCOc1ccc(NC(=S)NC(=O)/C=C/C(=O)OCC)cc1. The van der Waals surface area contributed by atoms with Crippen molar-refractivity contribution in [2.45, 2.75) is 26.7 Å². The van der Waals surface area contributed by atoms with Gasteiger partial charge in [-0.25, -0.2) is 4.79 Å². The first-order valence-electron chi connectivity index (χ1n) is 7.74. The summed E-state index contributed by atoms with van der Waals surface area (Å²) in [6.07, 6.45) is 4.20. The van der Waals surface area contributed by atoms with Crippen molar-refractivity contribution in [2.75, 3.05) is 18.5 Å². The summed E-state index contributed by atoms with van der Waals surface area (Å²) in [5.41, 5.74) is 0.720. The third-order valence-corrected chi connectivity index (χ3v) is 2.98. The van der Waals surface area contributed by atoms with E-state index in [-0.39, 0.29) is 11.7 Å². The molecule has 1 amide bonds. The Balaban J connectivity index is 2.41. The fourth-order valence-corrected chi connectivity index (χ4v) is 1.84. The minimum Gasteiger partial charge on any atom is -0.494 e. The molecule has 1 rings (SSSR count). The summed E-state index contributed by atoms with van der Waals surface area (Å²) < 4.78 is 10.2. The van der Waals surface area contributed by atoms with Crippen LogP contribution in [0.3, 0.4) is 0 Å². The normalized spacial score (nSPS) is 10.2. The molecule has 0 saturated carbocycles. The zero-order valence-corrected chi connectivity index (χ0v) is 14.7. The molecule has 0 unspecified atom stereocenters. The first-order chi connectivity index (χ1) is 11.5. The smallest absolute Gasteiger partial charge is 0.330 e. The molecular weight excluding hydrogens is 328 g/mol. The lowest BCUT2D eigenvalue weighted by molar-refractivity contribution is -0.137. The highest BCUT2D eigenvalue weighted by Crippen LogP contribution is 2.15. The van der Waals surface area contributed by atoms with Crippen molar-refractivity contribution in [3.63, 3.8) is 0 Å². The number of carbonyl (C=O) groups excluding carboxylic acids is 2. The maximum absolute atomic E-state index is 11.6. The molecule has 2 N–H and O–H groups in total. The fourth-order valence-electron chi connectivity index (χ4n) is 1.62. The lowest BCUT2D eigenvalue weighted by Gasteiger charge is -2.09. The van der Waals surface area contributed by atoms with Crippen molar-refractivity contribution < 1.29 is 19.1 Å². The molecule has 0 bridgehead atoms. The van der Waals surface area contributed by atoms with Crippen LogP contribution in [0.4, 0.5) is 5.69 Å². The molecular formula is C17H22N2O4S. The number of hydrogen-bond donors (Lipinski definition) is 2. The summed E-state index contributed by atoms with van der Waals surface area (Å²) in [6, 6.07) is 7.24. The van der Waals surface area contributed by atoms with E-state index in [0.717, 1.165) is 36.4 Å². The highest BCUT2D eigenvalue weighted by Gasteiger charge is 2.03. The Kier molecular flexibility index (Phi) is 9.14. The summed E-state index contributed by atoms with van der Waals surface area (Å²) in [7, 11) is 0. The van der Waals surface area contributed by atoms with Crippen LogP contribution in [0, 0.1) is 0 Å². The van der Waals surface area contributed by atoms with Crippen molar-refractivity contribution >= 4 is 34.9 Å². The second-order valence-corrected chi connectivity index (χ2v) is 5.16. The molecule has 130 valence electrons. The lowest BCUT2D eigenvalue weighted by Crippen LogP contribution is -2.32. The number of amides is 1. The van der Waals surface area contributed by atoms with E-state index in [1.54, 1.807) is 19.1 Å². The van der Waals surface area contributed by atoms with Gasteiger partial charge in [0.25, 0.3) is 0 Å². The van der Waals surface area contributed by atoms with Gasteiger partial charge in [0, 0.05) is 17.8 Å². The van der Waals surface area contributed by atoms with Crippen LogP contribution in [0.5, 0.6) is 5.75 Å². The Hall–Kier alpha value is -2.41. The quantitative estimate of drug-likeness (QED) is 0.325. The average Bonchev–Trinajstić information content (AvgIpc) is 2.55. The number of unbranched alkanes of at least 4 members (excludes halogenated alkanes) is 1. The highest BCUT2D eigenvalue weighted by molar-refractivity contribution is 7.80. The van der Waals surface area contributed by atoms with E-state index in [1.807, 2.05) is 12.1 Å². The predicted octanol–water partition coefficient (Wildman–Crippen LogP) is 2.80. The second-order valence-electron chi connectivity index (χ2n) is 4.76. The fraction of sp³-hybridized carbons (Fsp3) is 0.353. The molecule has 6 nitrogen and oxygen atoms in total. The molecule has 0 atom stereocenters. The van der Waals surface area contributed by atoms with Gasteiger partial charge < -0.3 is 14.8 Å².